The van der Waals surface area contributed by atoms with Gasteiger partial charge in [-0.05, 0) is 58.1 Å². The summed E-state index contributed by atoms with van der Waals surface area (Å²) in [5.41, 5.74) is 1.88. The lowest BCUT2D eigenvalue weighted by atomic mass is 9.83. The average Bonchev–Trinajstić information content (AvgIpc) is 2.62. The fourth-order valence-corrected chi connectivity index (χ4v) is 2.09. The third-order valence-corrected chi connectivity index (χ3v) is 3.15. The van der Waals surface area contributed by atoms with Gasteiger partial charge in [-0.15, -0.1) is 0 Å². The molecule has 0 aromatic carbocycles. The summed E-state index contributed by atoms with van der Waals surface area (Å²) in [5, 5.41) is 7.90. The number of hydrogen-bond donors (Lipinski definition) is 1. The molecule has 0 atom stereocenters. The first-order valence-electron chi connectivity index (χ1n) is 6.98. The topological polar surface area (TPSA) is 29.9 Å². The smallest absolute Gasteiger partial charge is 0.0521 e. The Bertz CT molecular complexity index is 358. The van der Waals surface area contributed by atoms with Gasteiger partial charge in [-0.25, -0.2) is 0 Å². The lowest BCUT2D eigenvalue weighted by Gasteiger charge is -2.27. The first-order chi connectivity index (χ1) is 8.22. The molecule has 0 saturated carbocycles. The van der Waals surface area contributed by atoms with Crippen LogP contribution in [0.1, 0.15) is 53.5 Å². The van der Waals surface area contributed by atoms with E-state index >= 15 is 0 Å². The van der Waals surface area contributed by atoms with Crippen LogP contribution in [0, 0.1) is 5.41 Å². The number of hydrogen-bond acceptors (Lipinski definition) is 2. The Morgan fingerprint density at radius 3 is 2.39 bits per heavy atom. The summed E-state index contributed by atoms with van der Waals surface area (Å²) >= 11 is 0. The van der Waals surface area contributed by atoms with E-state index in [1.54, 1.807) is 0 Å². The van der Waals surface area contributed by atoms with E-state index in [-0.39, 0.29) is 5.54 Å². The first-order valence-corrected chi connectivity index (χ1v) is 6.98. The molecule has 0 aliphatic rings. The van der Waals surface area contributed by atoms with E-state index in [0.717, 1.165) is 19.5 Å². The molecule has 3 heteroatoms. The van der Waals surface area contributed by atoms with Gasteiger partial charge in [0.05, 0.1) is 6.20 Å². The molecule has 104 valence electrons. The molecule has 0 fully saturated rings. The van der Waals surface area contributed by atoms with Gasteiger partial charge in [0.1, 0.15) is 0 Å². The standard InChI is InChI=1S/C15H29N3/c1-7-18-12-13(11-17-18)10-15(5,6)8-9-16-14(2,3)4/h11-12,16H,7-10H2,1-6H3. The quantitative estimate of drug-likeness (QED) is 0.841. The minimum Gasteiger partial charge on any atom is -0.312 e. The molecule has 0 spiro atoms. The van der Waals surface area contributed by atoms with Crippen molar-refractivity contribution in [1.82, 2.24) is 15.1 Å². The van der Waals surface area contributed by atoms with E-state index < -0.39 is 0 Å². The molecule has 0 radical (unpaired) electrons. The second-order valence-electron chi connectivity index (χ2n) is 6.97. The maximum absolute atomic E-state index is 4.34. The Morgan fingerprint density at radius 1 is 1.22 bits per heavy atom. The fourth-order valence-electron chi connectivity index (χ4n) is 2.09. The van der Waals surface area contributed by atoms with Crippen molar-refractivity contribution in [3.8, 4) is 0 Å². The van der Waals surface area contributed by atoms with Crippen molar-refractivity contribution in [1.29, 1.82) is 0 Å². The van der Waals surface area contributed by atoms with Crippen molar-refractivity contribution in [3.05, 3.63) is 18.0 Å². The van der Waals surface area contributed by atoms with Gasteiger partial charge in [-0.3, -0.25) is 4.68 Å². The minimum atomic E-state index is 0.211. The summed E-state index contributed by atoms with van der Waals surface area (Å²) < 4.78 is 2.00. The van der Waals surface area contributed by atoms with Gasteiger partial charge in [-0.1, -0.05) is 13.8 Å². The van der Waals surface area contributed by atoms with Crippen LogP contribution in [0.25, 0.3) is 0 Å². The van der Waals surface area contributed by atoms with Crippen molar-refractivity contribution in [2.75, 3.05) is 6.54 Å². The number of nitrogens with zero attached hydrogens (tertiary/aromatic N) is 2. The molecule has 0 unspecified atom stereocenters. The maximum atomic E-state index is 4.34. The lowest BCUT2D eigenvalue weighted by Crippen LogP contribution is -2.38. The maximum Gasteiger partial charge on any atom is 0.0521 e. The number of nitrogens with one attached hydrogen (secondary N) is 1. The highest BCUT2D eigenvalue weighted by Gasteiger charge is 2.20. The van der Waals surface area contributed by atoms with Crippen LogP contribution in [-0.2, 0) is 13.0 Å². The third-order valence-electron chi connectivity index (χ3n) is 3.15. The van der Waals surface area contributed by atoms with Gasteiger partial charge in [0.25, 0.3) is 0 Å². The zero-order valence-corrected chi connectivity index (χ0v) is 12.9. The highest BCUT2D eigenvalue weighted by atomic mass is 15.3. The Kier molecular flexibility index (Phi) is 4.97. The molecule has 0 aliphatic carbocycles. The van der Waals surface area contributed by atoms with E-state index in [9.17, 15) is 0 Å². The highest BCUT2D eigenvalue weighted by molar-refractivity contribution is 5.06. The second-order valence-corrected chi connectivity index (χ2v) is 6.97. The van der Waals surface area contributed by atoms with Crippen LogP contribution in [-0.4, -0.2) is 21.9 Å². The van der Waals surface area contributed by atoms with Crippen LogP contribution in [0.4, 0.5) is 0 Å². The van der Waals surface area contributed by atoms with Crippen LogP contribution < -0.4 is 5.32 Å². The SMILES string of the molecule is CCn1cc(CC(C)(C)CCNC(C)(C)C)cn1. The van der Waals surface area contributed by atoms with Crippen LogP contribution in [0.3, 0.4) is 0 Å². The molecule has 0 amide bonds. The molecule has 1 aromatic rings. The zero-order chi connectivity index (χ0) is 13.8. The van der Waals surface area contributed by atoms with Crippen LogP contribution in [0.15, 0.2) is 12.4 Å². The van der Waals surface area contributed by atoms with E-state index in [2.05, 4.69) is 58.2 Å². The summed E-state index contributed by atoms with van der Waals surface area (Å²) in [6, 6.07) is 0. The molecule has 0 saturated heterocycles. The number of aryl methyl sites for hydroxylation is 1. The van der Waals surface area contributed by atoms with Crippen LogP contribution >= 0.6 is 0 Å². The summed E-state index contributed by atoms with van der Waals surface area (Å²) in [5.74, 6) is 0. The summed E-state index contributed by atoms with van der Waals surface area (Å²) in [6.45, 7) is 15.4. The Morgan fingerprint density at radius 2 is 1.89 bits per heavy atom. The molecule has 0 bridgehead atoms. The Hall–Kier alpha value is -0.830. The first kappa shape index (κ1) is 15.2. The molecular formula is C15H29N3. The molecule has 1 rings (SSSR count). The number of rotatable bonds is 6. The Labute approximate surface area is 112 Å². The molecule has 1 N–H and O–H groups in total. The molecule has 3 nitrogen and oxygen atoms in total. The van der Waals surface area contributed by atoms with E-state index in [1.165, 1.54) is 12.0 Å². The number of aromatic nitrogens is 2. The second kappa shape index (κ2) is 5.87. The predicted octanol–water partition coefficient (Wildman–Crippen LogP) is 3.25. The summed E-state index contributed by atoms with van der Waals surface area (Å²) in [4.78, 5) is 0. The van der Waals surface area contributed by atoms with Gasteiger partial charge in [0.15, 0.2) is 0 Å². The summed E-state index contributed by atoms with van der Waals surface area (Å²) in [7, 11) is 0. The van der Waals surface area contributed by atoms with Gasteiger partial charge >= 0.3 is 0 Å². The molecule has 18 heavy (non-hydrogen) atoms. The monoisotopic (exact) mass is 251 g/mol. The third kappa shape index (κ3) is 5.67. The van der Waals surface area contributed by atoms with Crippen molar-refractivity contribution in [3.63, 3.8) is 0 Å². The highest BCUT2D eigenvalue weighted by Crippen LogP contribution is 2.25. The van der Waals surface area contributed by atoms with Crippen molar-refractivity contribution in [2.24, 2.45) is 5.41 Å². The minimum absolute atomic E-state index is 0.211. The van der Waals surface area contributed by atoms with E-state index in [4.69, 9.17) is 0 Å². The zero-order valence-electron chi connectivity index (χ0n) is 12.9. The largest absolute Gasteiger partial charge is 0.312 e. The lowest BCUT2D eigenvalue weighted by molar-refractivity contribution is 0.302. The van der Waals surface area contributed by atoms with Crippen molar-refractivity contribution < 1.29 is 0 Å². The van der Waals surface area contributed by atoms with Gasteiger partial charge in [0.2, 0.25) is 0 Å². The molecular weight excluding hydrogens is 222 g/mol. The van der Waals surface area contributed by atoms with Gasteiger partial charge in [-0.2, -0.15) is 5.10 Å². The Balaban J connectivity index is 2.43. The van der Waals surface area contributed by atoms with E-state index in [0.29, 0.717) is 5.41 Å². The predicted molar refractivity (Wildman–Crippen MR) is 77.8 cm³/mol. The van der Waals surface area contributed by atoms with Gasteiger partial charge < -0.3 is 5.32 Å². The van der Waals surface area contributed by atoms with Crippen LogP contribution in [0.2, 0.25) is 0 Å². The van der Waals surface area contributed by atoms with Crippen LogP contribution in [0.5, 0.6) is 0 Å². The summed E-state index contributed by atoms with van der Waals surface area (Å²) in [6.07, 6.45) is 6.45. The van der Waals surface area contributed by atoms with Crippen molar-refractivity contribution in [2.45, 2.75) is 66.5 Å². The van der Waals surface area contributed by atoms with E-state index in [1.807, 2.05) is 10.9 Å². The van der Waals surface area contributed by atoms with Gasteiger partial charge in [0, 0.05) is 18.3 Å². The molecule has 0 aliphatic heterocycles. The van der Waals surface area contributed by atoms with Crippen molar-refractivity contribution >= 4 is 0 Å². The molecule has 1 aromatic heterocycles. The normalized spacial score (nSPS) is 13.0. The fraction of sp³-hybridized carbons (Fsp3) is 0.800. The average molecular weight is 251 g/mol. The molecule has 1 heterocycles.